The highest BCUT2D eigenvalue weighted by molar-refractivity contribution is 5.76. The molecular formula is C17H16N2O3. The molecule has 112 valence electrons. The average molecular weight is 296 g/mol. The number of H-pyrrole nitrogens is 1. The first kappa shape index (κ1) is 14.3. The lowest BCUT2D eigenvalue weighted by Gasteiger charge is -2.07. The first-order valence-corrected chi connectivity index (χ1v) is 7.09. The Morgan fingerprint density at radius 2 is 1.64 bits per heavy atom. The fourth-order valence-electron chi connectivity index (χ4n) is 2.45. The molecule has 1 aromatic heterocycles. The van der Waals surface area contributed by atoms with E-state index in [4.69, 9.17) is 5.11 Å². The number of aliphatic hydroxyl groups is 1. The molecule has 3 rings (SSSR count). The number of nitrogens with zero attached hydrogens (tertiary/aromatic N) is 1. The van der Waals surface area contributed by atoms with Crippen LogP contribution < -0.4 is 11.2 Å². The normalized spacial score (nSPS) is 11.0. The average Bonchev–Trinajstić information content (AvgIpc) is 2.55. The summed E-state index contributed by atoms with van der Waals surface area (Å²) in [7, 11) is 0. The zero-order valence-electron chi connectivity index (χ0n) is 12.0. The number of fused-ring (bicyclic) bond motifs is 1. The quantitative estimate of drug-likeness (QED) is 0.764. The van der Waals surface area contributed by atoms with Crippen LogP contribution in [0.4, 0.5) is 0 Å². The molecule has 0 aliphatic rings. The van der Waals surface area contributed by atoms with E-state index in [0.717, 1.165) is 11.1 Å². The predicted molar refractivity (Wildman–Crippen MR) is 84.9 cm³/mol. The highest BCUT2D eigenvalue weighted by atomic mass is 16.3. The Morgan fingerprint density at radius 3 is 2.36 bits per heavy atom. The molecule has 0 amide bonds. The Labute approximate surface area is 126 Å². The summed E-state index contributed by atoms with van der Waals surface area (Å²) in [5.41, 5.74) is 1.74. The van der Waals surface area contributed by atoms with Gasteiger partial charge in [-0.25, -0.2) is 4.79 Å². The van der Waals surface area contributed by atoms with Crippen LogP contribution in [0.15, 0.2) is 58.1 Å². The molecule has 2 aromatic carbocycles. The molecule has 0 spiro atoms. The van der Waals surface area contributed by atoms with Gasteiger partial charge in [0.2, 0.25) is 0 Å². The summed E-state index contributed by atoms with van der Waals surface area (Å²) in [6.45, 7) is 0.321. The van der Waals surface area contributed by atoms with Crippen molar-refractivity contribution in [3.8, 4) is 0 Å². The number of rotatable bonds is 4. The highest BCUT2D eigenvalue weighted by Crippen LogP contribution is 2.06. The van der Waals surface area contributed by atoms with Crippen molar-refractivity contribution in [1.82, 2.24) is 9.55 Å². The lowest BCUT2D eigenvalue weighted by Crippen LogP contribution is -2.35. The van der Waals surface area contributed by atoms with Crippen molar-refractivity contribution in [3.63, 3.8) is 0 Å². The maximum atomic E-state index is 12.4. The third kappa shape index (κ3) is 2.71. The van der Waals surface area contributed by atoms with Gasteiger partial charge in [-0.05, 0) is 29.7 Å². The van der Waals surface area contributed by atoms with E-state index in [-0.39, 0.29) is 12.2 Å². The SMILES string of the molecule is O=c1[nH]c2ccccc2c(=O)n1CCc1ccc(CO)cc1. The van der Waals surface area contributed by atoms with Crippen LogP contribution >= 0.6 is 0 Å². The molecule has 0 radical (unpaired) electrons. The summed E-state index contributed by atoms with van der Waals surface area (Å²) in [4.78, 5) is 27.2. The second-order valence-electron chi connectivity index (χ2n) is 5.16. The number of para-hydroxylation sites is 1. The Kier molecular flexibility index (Phi) is 3.89. The summed E-state index contributed by atoms with van der Waals surface area (Å²) >= 11 is 0. The first-order chi connectivity index (χ1) is 10.7. The summed E-state index contributed by atoms with van der Waals surface area (Å²) in [5.74, 6) is 0. The zero-order valence-corrected chi connectivity index (χ0v) is 12.0. The van der Waals surface area contributed by atoms with Crippen molar-refractivity contribution < 1.29 is 5.11 Å². The standard InChI is InChI=1S/C17H16N2O3/c20-11-13-7-5-12(6-8-13)9-10-19-16(21)14-3-1-2-4-15(14)18-17(19)22/h1-8,20H,9-11H2,(H,18,22). The maximum absolute atomic E-state index is 12.4. The van der Waals surface area contributed by atoms with Gasteiger partial charge >= 0.3 is 5.69 Å². The van der Waals surface area contributed by atoms with Crippen molar-refractivity contribution in [2.45, 2.75) is 19.6 Å². The molecule has 0 fully saturated rings. The zero-order chi connectivity index (χ0) is 15.5. The molecular weight excluding hydrogens is 280 g/mol. The highest BCUT2D eigenvalue weighted by Gasteiger charge is 2.07. The second kappa shape index (κ2) is 5.99. The third-order valence-corrected chi connectivity index (χ3v) is 3.72. The van der Waals surface area contributed by atoms with Crippen LogP contribution in [-0.2, 0) is 19.6 Å². The molecule has 0 saturated heterocycles. The van der Waals surface area contributed by atoms with Crippen molar-refractivity contribution in [2.24, 2.45) is 0 Å². The van der Waals surface area contributed by atoms with Gasteiger partial charge in [0.15, 0.2) is 0 Å². The van der Waals surface area contributed by atoms with Crippen LogP contribution in [0.3, 0.4) is 0 Å². The van der Waals surface area contributed by atoms with Gasteiger partial charge in [0, 0.05) is 6.54 Å². The Morgan fingerprint density at radius 1 is 0.955 bits per heavy atom. The molecule has 0 atom stereocenters. The fraction of sp³-hybridized carbons (Fsp3) is 0.176. The van der Waals surface area contributed by atoms with Crippen molar-refractivity contribution >= 4 is 10.9 Å². The summed E-state index contributed by atoms with van der Waals surface area (Å²) in [6.07, 6.45) is 0.576. The van der Waals surface area contributed by atoms with Gasteiger partial charge < -0.3 is 10.1 Å². The molecule has 22 heavy (non-hydrogen) atoms. The van der Waals surface area contributed by atoms with Gasteiger partial charge in [-0.2, -0.15) is 0 Å². The molecule has 2 N–H and O–H groups in total. The fourth-order valence-corrected chi connectivity index (χ4v) is 2.45. The Balaban J connectivity index is 1.90. The van der Waals surface area contributed by atoms with Crippen LogP contribution in [0.2, 0.25) is 0 Å². The molecule has 0 aliphatic carbocycles. The van der Waals surface area contributed by atoms with Gasteiger partial charge in [0.25, 0.3) is 5.56 Å². The molecule has 1 heterocycles. The molecule has 0 aliphatic heterocycles. The molecule has 0 saturated carbocycles. The Hall–Kier alpha value is -2.66. The molecule has 0 unspecified atom stereocenters. The van der Waals surface area contributed by atoms with Crippen LogP contribution in [0.25, 0.3) is 10.9 Å². The number of benzene rings is 2. The van der Waals surface area contributed by atoms with E-state index >= 15 is 0 Å². The smallest absolute Gasteiger partial charge is 0.328 e. The van der Waals surface area contributed by atoms with Gasteiger partial charge in [-0.15, -0.1) is 0 Å². The number of aryl methyl sites for hydroxylation is 1. The molecule has 5 nitrogen and oxygen atoms in total. The van der Waals surface area contributed by atoms with Gasteiger partial charge in [-0.3, -0.25) is 9.36 Å². The predicted octanol–water partition coefficient (Wildman–Crippen LogP) is 1.42. The summed E-state index contributed by atoms with van der Waals surface area (Å²) < 4.78 is 1.22. The van der Waals surface area contributed by atoms with Crippen LogP contribution in [0, 0.1) is 0 Å². The summed E-state index contributed by atoms with van der Waals surface area (Å²) in [5, 5.41) is 9.53. The maximum Gasteiger partial charge on any atom is 0.328 e. The van der Waals surface area contributed by atoms with E-state index in [1.807, 2.05) is 24.3 Å². The molecule has 3 aromatic rings. The van der Waals surface area contributed by atoms with Crippen molar-refractivity contribution in [1.29, 1.82) is 0 Å². The van der Waals surface area contributed by atoms with E-state index in [1.54, 1.807) is 24.3 Å². The second-order valence-corrected chi connectivity index (χ2v) is 5.16. The number of nitrogens with one attached hydrogen (secondary N) is 1. The first-order valence-electron chi connectivity index (χ1n) is 7.09. The van der Waals surface area contributed by atoms with Crippen LogP contribution in [0.5, 0.6) is 0 Å². The van der Waals surface area contributed by atoms with Gasteiger partial charge in [0.05, 0.1) is 17.5 Å². The van der Waals surface area contributed by atoms with E-state index in [2.05, 4.69) is 4.98 Å². The van der Waals surface area contributed by atoms with Crippen LogP contribution in [0.1, 0.15) is 11.1 Å². The van der Waals surface area contributed by atoms with E-state index < -0.39 is 5.69 Å². The third-order valence-electron chi connectivity index (χ3n) is 3.72. The summed E-state index contributed by atoms with van der Waals surface area (Å²) in [6, 6.07) is 14.4. The lowest BCUT2D eigenvalue weighted by molar-refractivity contribution is 0.282. The molecule has 5 heteroatoms. The number of aromatic nitrogens is 2. The minimum absolute atomic E-state index is 0.00405. The number of hydrogen-bond donors (Lipinski definition) is 2. The topological polar surface area (TPSA) is 75.1 Å². The number of aliphatic hydroxyl groups excluding tert-OH is 1. The van der Waals surface area contributed by atoms with Gasteiger partial charge in [-0.1, -0.05) is 36.4 Å². The van der Waals surface area contributed by atoms with Crippen LogP contribution in [-0.4, -0.2) is 14.7 Å². The van der Waals surface area contributed by atoms with E-state index in [0.29, 0.717) is 23.9 Å². The van der Waals surface area contributed by atoms with Crippen molar-refractivity contribution in [2.75, 3.05) is 0 Å². The lowest BCUT2D eigenvalue weighted by atomic mass is 10.1. The number of hydrogen-bond acceptors (Lipinski definition) is 3. The largest absolute Gasteiger partial charge is 0.392 e. The van der Waals surface area contributed by atoms with E-state index in [9.17, 15) is 9.59 Å². The minimum atomic E-state index is -0.393. The Bertz CT molecular complexity index is 908. The molecule has 0 bridgehead atoms. The number of aromatic amines is 1. The monoisotopic (exact) mass is 296 g/mol. The van der Waals surface area contributed by atoms with Crippen molar-refractivity contribution in [3.05, 3.63) is 80.5 Å². The van der Waals surface area contributed by atoms with Gasteiger partial charge in [0.1, 0.15) is 0 Å². The minimum Gasteiger partial charge on any atom is -0.392 e. The van der Waals surface area contributed by atoms with E-state index in [1.165, 1.54) is 4.57 Å².